The van der Waals surface area contributed by atoms with Crippen LogP contribution < -0.4 is 4.57 Å². The Kier molecular flexibility index (Phi) is 40.1. The zero-order valence-corrected chi connectivity index (χ0v) is 37.4. The van der Waals surface area contributed by atoms with E-state index in [2.05, 4.69) is 42.3 Å². The SMILES string of the molecule is CCCCCCCCCCCCCCCCCCCn1cc[n+](CCCCCCCCCCCCCCCCCCC)c1CCCCCCCCCC. The molecule has 1 rings (SSSR count). The van der Waals surface area contributed by atoms with E-state index in [-0.39, 0.29) is 0 Å². The molecule has 53 heavy (non-hydrogen) atoms. The third-order valence-corrected chi connectivity index (χ3v) is 12.3. The maximum Gasteiger partial charge on any atom is 0.256 e. The summed E-state index contributed by atoms with van der Waals surface area (Å²) in [6, 6.07) is 0. The van der Waals surface area contributed by atoms with E-state index in [1.807, 2.05) is 0 Å². The summed E-state index contributed by atoms with van der Waals surface area (Å²) in [6.45, 7) is 9.42. The Bertz CT molecular complexity index is 756. The average Bonchev–Trinajstić information content (AvgIpc) is 3.55. The van der Waals surface area contributed by atoms with Crippen LogP contribution in [0.15, 0.2) is 12.4 Å². The Labute approximate surface area is 336 Å². The predicted molar refractivity (Wildman–Crippen MR) is 239 cm³/mol. The van der Waals surface area contributed by atoms with Crippen LogP contribution in [0.2, 0.25) is 0 Å². The largest absolute Gasteiger partial charge is 0.256 e. The number of nitrogens with zero attached hydrogens (tertiary/aromatic N) is 2. The molecule has 0 atom stereocenters. The van der Waals surface area contributed by atoms with Gasteiger partial charge in [-0.25, -0.2) is 9.13 Å². The summed E-state index contributed by atoms with van der Waals surface area (Å²) in [6.07, 6.45) is 66.8. The zero-order chi connectivity index (χ0) is 38.0. The third kappa shape index (κ3) is 34.2. The van der Waals surface area contributed by atoms with Crippen molar-refractivity contribution in [1.82, 2.24) is 4.57 Å². The minimum Gasteiger partial charge on any atom is -0.234 e. The molecule has 2 heteroatoms. The van der Waals surface area contributed by atoms with Crippen LogP contribution in [-0.2, 0) is 19.5 Å². The van der Waals surface area contributed by atoms with E-state index in [1.165, 1.54) is 289 Å². The van der Waals surface area contributed by atoms with Gasteiger partial charge in [0.2, 0.25) is 0 Å². The number of aromatic nitrogens is 2. The highest BCUT2D eigenvalue weighted by Gasteiger charge is 2.16. The molecule has 0 N–H and O–H groups in total. The average molecular weight is 742 g/mol. The van der Waals surface area contributed by atoms with Gasteiger partial charge in [0.15, 0.2) is 0 Å². The minimum absolute atomic E-state index is 1.23. The van der Waals surface area contributed by atoms with Crippen molar-refractivity contribution < 1.29 is 4.57 Å². The van der Waals surface area contributed by atoms with Gasteiger partial charge in [-0.15, -0.1) is 0 Å². The lowest BCUT2D eigenvalue weighted by Gasteiger charge is -2.07. The predicted octanol–water partition coefficient (Wildman–Crippen LogP) is 17.8. The van der Waals surface area contributed by atoms with E-state index in [9.17, 15) is 0 Å². The molecular weight excluding hydrogens is 641 g/mol. The Morgan fingerprint density at radius 1 is 0.321 bits per heavy atom. The smallest absolute Gasteiger partial charge is 0.234 e. The van der Waals surface area contributed by atoms with E-state index < -0.39 is 0 Å². The molecule has 0 saturated carbocycles. The summed E-state index contributed by atoms with van der Waals surface area (Å²) in [5.74, 6) is 1.63. The molecule has 0 bridgehead atoms. The van der Waals surface area contributed by atoms with Crippen molar-refractivity contribution >= 4 is 0 Å². The molecule has 2 nitrogen and oxygen atoms in total. The van der Waals surface area contributed by atoms with Gasteiger partial charge in [-0.2, -0.15) is 0 Å². The summed E-state index contributed by atoms with van der Waals surface area (Å²) in [5.41, 5.74) is 0. The summed E-state index contributed by atoms with van der Waals surface area (Å²) in [5, 5.41) is 0. The Morgan fingerprint density at radius 3 is 0.906 bits per heavy atom. The second kappa shape index (κ2) is 42.4. The van der Waals surface area contributed by atoms with E-state index >= 15 is 0 Å². The monoisotopic (exact) mass is 742 g/mol. The highest BCUT2D eigenvalue weighted by atomic mass is 15.1. The molecule has 0 amide bonds. The molecular formula is C51H101N2+. The topological polar surface area (TPSA) is 8.81 Å². The third-order valence-electron chi connectivity index (χ3n) is 12.3. The zero-order valence-electron chi connectivity index (χ0n) is 37.4. The van der Waals surface area contributed by atoms with Gasteiger partial charge in [-0.3, -0.25) is 0 Å². The number of aryl methyl sites for hydroxylation is 2. The van der Waals surface area contributed by atoms with Gasteiger partial charge >= 0.3 is 0 Å². The van der Waals surface area contributed by atoms with Crippen LogP contribution in [0.4, 0.5) is 0 Å². The maximum absolute atomic E-state index is 2.65. The summed E-state index contributed by atoms with van der Waals surface area (Å²) >= 11 is 0. The summed E-state index contributed by atoms with van der Waals surface area (Å²) < 4.78 is 5.31. The first-order chi connectivity index (χ1) is 26.3. The van der Waals surface area contributed by atoms with Gasteiger partial charge in [0.25, 0.3) is 5.82 Å². The van der Waals surface area contributed by atoms with Gasteiger partial charge < -0.3 is 0 Å². The molecule has 1 aromatic heterocycles. The molecule has 0 aromatic carbocycles. The Balaban J connectivity index is 2.17. The molecule has 0 fully saturated rings. The van der Waals surface area contributed by atoms with Gasteiger partial charge in [0.05, 0.1) is 13.1 Å². The molecule has 1 heterocycles. The van der Waals surface area contributed by atoms with Crippen LogP contribution in [0.25, 0.3) is 0 Å². The van der Waals surface area contributed by atoms with Crippen LogP contribution in [-0.4, -0.2) is 4.57 Å². The number of hydrogen-bond donors (Lipinski definition) is 0. The van der Waals surface area contributed by atoms with Crippen LogP contribution in [0.3, 0.4) is 0 Å². The lowest BCUT2D eigenvalue weighted by Crippen LogP contribution is -2.37. The fourth-order valence-electron chi connectivity index (χ4n) is 8.62. The van der Waals surface area contributed by atoms with Crippen molar-refractivity contribution in [3.8, 4) is 0 Å². The van der Waals surface area contributed by atoms with Crippen molar-refractivity contribution in [3.05, 3.63) is 18.2 Å². The fourth-order valence-corrected chi connectivity index (χ4v) is 8.62. The highest BCUT2D eigenvalue weighted by molar-refractivity contribution is 4.84. The van der Waals surface area contributed by atoms with Gasteiger partial charge in [-0.1, -0.05) is 258 Å². The van der Waals surface area contributed by atoms with Crippen molar-refractivity contribution in [2.75, 3.05) is 0 Å². The van der Waals surface area contributed by atoms with Crippen LogP contribution in [0.1, 0.15) is 296 Å². The van der Waals surface area contributed by atoms with Crippen molar-refractivity contribution in [2.45, 2.75) is 310 Å². The van der Waals surface area contributed by atoms with Gasteiger partial charge in [0.1, 0.15) is 12.4 Å². The molecule has 1 aromatic rings. The van der Waals surface area contributed by atoms with Gasteiger partial charge in [0, 0.05) is 6.42 Å². The van der Waals surface area contributed by atoms with E-state index in [1.54, 1.807) is 5.82 Å². The maximum atomic E-state index is 2.65. The molecule has 0 spiro atoms. The molecule has 0 radical (unpaired) electrons. The Morgan fingerprint density at radius 2 is 0.585 bits per heavy atom. The van der Waals surface area contributed by atoms with Crippen molar-refractivity contribution in [2.24, 2.45) is 0 Å². The second-order valence-electron chi connectivity index (χ2n) is 17.6. The lowest BCUT2D eigenvalue weighted by atomic mass is 10.0. The summed E-state index contributed by atoms with van der Waals surface area (Å²) in [7, 11) is 0. The first kappa shape index (κ1) is 50.2. The lowest BCUT2D eigenvalue weighted by molar-refractivity contribution is -0.704. The molecule has 0 aliphatic carbocycles. The molecule has 0 saturated heterocycles. The Hall–Kier alpha value is -0.790. The first-order valence-corrected chi connectivity index (χ1v) is 25.4. The van der Waals surface area contributed by atoms with Crippen molar-refractivity contribution in [1.29, 1.82) is 0 Å². The number of unbranched alkanes of at least 4 members (excludes halogenated alkanes) is 39. The molecule has 0 aliphatic heterocycles. The second-order valence-corrected chi connectivity index (χ2v) is 17.6. The van der Waals surface area contributed by atoms with Crippen LogP contribution >= 0.6 is 0 Å². The quantitative estimate of drug-likeness (QED) is 0.0465. The van der Waals surface area contributed by atoms with E-state index in [4.69, 9.17) is 0 Å². The highest BCUT2D eigenvalue weighted by Crippen LogP contribution is 2.17. The van der Waals surface area contributed by atoms with E-state index in [0.717, 1.165) is 0 Å². The van der Waals surface area contributed by atoms with Gasteiger partial charge in [-0.05, 0) is 32.1 Å². The normalized spacial score (nSPS) is 11.7. The summed E-state index contributed by atoms with van der Waals surface area (Å²) in [4.78, 5) is 0. The van der Waals surface area contributed by atoms with Crippen LogP contribution in [0, 0.1) is 0 Å². The number of imidazole rings is 1. The number of hydrogen-bond acceptors (Lipinski definition) is 0. The van der Waals surface area contributed by atoms with Crippen LogP contribution in [0.5, 0.6) is 0 Å². The minimum atomic E-state index is 1.23. The molecule has 0 unspecified atom stereocenters. The first-order valence-electron chi connectivity index (χ1n) is 25.4. The molecule has 0 aliphatic rings. The number of rotatable bonds is 45. The fraction of sp³-hybridized carbons (Fsp3) is 0.941. The molecule has 314 valence electrons. The van der Waals surface area contributed by atoms with E-state index in [0.29, 0.717) is 0 Å². The van der Waals surface area contributed by atoms with Crippen molar-refractivity contribution in [3.63, 3.8) is 0 Å². The standard InChI is InChI=1S/C51H101N2/c1-4-7-10-13-16-19-21-23-25-27-29-31-33-35-38-41-44-47-52-49-50-53(51(52)46-43-40-37-18-15-12-9-6-3)48-45-42-39-36-34-32-30-28-26-24-22-20-17-14-11-8-5-2/h49-50H,4-48H2,1-3H3/q+1.